The second-order valence-corrected chi connectivity index (χ2v) is 4.53. The van der Waals surface area contributed by atoms with Crippen LogP contribution in [0.5, 0.6) is 5.75 Å². The van der Waals surface area contributed by atoms with Gasteiger partial charge in [0, 0.05) is 25.3 Å². The minimum atomic E-state index is -0.295. The molecular weight excluding hydrogens is 214 g/mol. The van der Waals surface area contributed by atoms with Crippen LogP contribution >= 0.6 is 0 Å². The molecule has 0 radical (unpaired) electrons. The van der Waals surface area contributed by atoms with Crippen molar-refractivity contribution in [2.24, 2.45) is 5.92 Å². The van der Waals surface area contributed by atoms with E-state index in [1.54, 1.807) is 7.11 Å². The van der Waals surface area contributed by atoms with Crippen molar-refractivity contribution in [3.8, 4) is 5.75 Å². The Morgan fingerprint density at radius 2 is 2.12 bits per heavy atom. The first-order valence-corrected chi connectivity index (χ1v) is 6.11. The first-order valence-electron chi connectivity index (χ1n) is 6.11. The lowest BCUT2D eigenvalue weighted by molar-refractivity contribution is 0.121. The van der Waals surface area contributed by atoms with Gasteiger partial charge < -0.3 is 14.7 Å². The minimum absolute atomic E-state index is 0.295. The molecule has 0 heterocycles. The summed E-state index contributed by atoms with van der Waals surface area (Å²) in [6.45, 7) is 4.81. The highest BCUT2D eigenvalue weighted by Crippen LogP contribution is 2.21. The summed E-state index contributed by atoms with van der Waals surface area (Å²) >= 11 is 0. The first-order chi connectivity index (χ1) is 8.08. The molecule has 0 spiro atoms. The van der Waals surface area contributed by atoms with E-state index in [9.17, 15) is 5.11 Å². The number of aliphatic hydroxyl groups is 1. The molecule has 0 saturated heterocycles. The first kappa shape index (κ1) is 13.8. The highest BCUT2D eigenvalue weighted by molar-refractivity contribution is 5.50. The van der Waals surface area contributed by atoms with Crippen LogP contribution in [0.2, 0.25) is 0 Å². The quantitative estimate of drug-likeness (QED) is 0.825. The van der Waals surface area contributed by atoms with Gasteiger partial charge >= 0.3 is 0 Å². The van der Waals surface area contributed by atoms with Gasteiger partial charge in [0.15, 0.2) is 0 Å². The monoisotopic (exact) mass is 237 g/mol. The number of likely N-dealkylation sites (N-methyl/N-ethyl adjacent to an activating group) is 1. The maximum atomic E-state index is 10.0. The summed E-state index contributed by atoms with van der Waals surface area (Å²) in [5, 5.41) is 10.0. The Morgan fingerprint density at radius 1 is 1.41 bits per heavy atom. The number of methoxy groups -OCH3 is 1. The van der Waals surface area contributed by atoms with Crippen LogP contribution in [0.4, 0.5) is 5.69 Å². The van der Waals surface area contributed by atoms with Gasteiger partial charge in [-0.15, -0.1) is 0 Å². The average Bonchev–Trinajstić information content (AvgIpc) is 2.37. The Bertz CT molecular complexity index is 341. The predicted molar refractivity (Wildman–Crippen MR) is 71.7 cm³/mol. The molecule has 2 unspecified atom stereocenters. The van der Waals surface area contributed by atoms with E-state index >= 15 is 0 Å². The third-order valence-electron chi connectivity index (χ3n) is 3.26. The Balaban J connectivity index is 2.65. The fourth-order valence-electron chi connectivity index (χ4n) is 1.69. The van der Waals surface area contributed by atoms with Crippen LogP contribution in [-0.4, -0.2) is 31.9 Å². The molecule has 3 heteroatoms. The Morgan fingerprint density at radius 3 is 2.71 bits per heavy atom. The average molecular weight is 237 g/mol. The Hall–Kier alpha value is -1.22. The van der Waals surface area contributed by atoms with E-state index in [0.717, 1.165) is 17.9 Å². The summed E-state index contributed by atoms with van der Waals surface area (Å²) < 4.78 is 5.19. The number of rotatable bonds is 6. The van der Waals surface area contributed by atoms with Crippen LogP contribution in [0.1, 0.15) is 20.3 Å². The van der Waals surface area contributed by atoms with Crippen molar-refractivity contribution >= 4 is 5.69 Å². The van der Waals surface area contributed by atoms with Gasteiger partial charge in [-0.2, -0.15) is 0 Å². The predicted octanol–water partition coefficient (Wildman–Crippen LogP) is 2.54. The standard InChI is InChI=1S/C14H23NO2/c1-5-11(2)14(16)10-15(3)12-7-6-8-13(9-12)17-4/h6-9,11,14,16H,5,10H2,1-4H3. The zero-order valence-electron chi connectivity index (χ0n) is 11.2. The molecule has 1 rings (SSSR count). The summed E-state index contributed by atoms with van der Waals surface area (Å²) in [5.41, 5.74) is 1.06. The molecule has 3 nitrogen and oxygen atoms in total. The van der Waals surface area contributed by atoms with Crippen molar-refractivity contribution in [1.29, 1.82) is 0 Å². The molecule has 1 aromatic rings. The van der Waals surface area contributed by atoms with Crippen molar-refractivity contribution in [3.63, 3.8) is 0 Å². The molecule has 2 atom stereocenters. The zero-order valence-corrected chi connectivity index (χ0v) is 11.2. The minimum Gasteiger partial charge on any atom is -0.497 e. The van der Waals surface area contributed by atoms with E-state index in [-0.39, 0.29) is 6.10 Å². The summed E-state index contributed by atoms with van der Waals surface area (Å²) in [4.78, 5) is 2.05. The molecule has 0 aromatic heterocycles. The molecule has 0 bridgehead atoms. The molecule has 0 fully saturated rings. The van der Waals surface area contributed by atoms with Crippen molar-refractivity contribution in [2.45, 2.75) is 26.4 Å². The molecule has 1 N–H and O–H groups in total. The molecule has 0 amide bonds. The van der Waals surface area contributed by atoms with Crippen molar-refractivity contribution in [1.82, 2.24) is 0 Å². The molecule has 0 saturated carbocycles. The highest BCUT2D eigenvalue weighted by atomic mass is 16.5. The lowest BCUT2D eigenvalue weighted by atomic mass is 10.0. The van der Waals surface area contributed by atoms with Crippen LogP contribution < -0.4 is 9.64 Å². The van der Waals surface area contributed by atoms with Gasteiger partial charge in [0.1, 0.15) is 5.75 Å². The molecule has 1 aromatic carbocycles. The Labute approximate surface area is 104 Å². The molecule has 17 heavy (non-hydrogen) atoms. The van der Waals surface area contributed by atoms with E-state index < -0.39 is 0 Å². The summed E-state index contributed by atoms with van der Waals surface area (Å²) in [6, 6.07) is 7.87. The third kappa shape index (κ3) is 3.93. The van der Waals surface area contributed by atoms with Crippen molar-refractivity contribution in [2.75, 3.05) is 25.6 Å². The van der Waals surface area contributed by atoms with Gasteiger partial charge in [0.2, 0.25) is 0 Å². The zero-order chi connectivity index (χ0) is 12.8. The highest BCUT2D eigenvalue weighted by Gasteiger charge is 2.15. The van der Waals surface area contributed by atoms with Gasteiger partial charge in [-0.25, -0.2) is 0 Å². The van der Waals surface area contributed by atoms with Gasteiger partial charge in [-0.05, 0) is 18.1 Å². The van der Waals surface area contributed by atoms with Crippen molar-refractivity contribution < 1.29 is 9.84 Å². The molecule has 0 aliphatic heterocycles. The van der Waals surface area contributed by atoms with Crippen LogP contribution in [0.15, 0.2) is 24.3 Å². The van der Waals surface area contributed by atoms with E-state index in [4.69, 9.17) is 4.74 Å². The van der Waals surface area contributed by atoms with E-state index in [1.807, 2.05) is 31.3 Å². The molecular formula is C14H23NO2. The second kappa shape index (κ2) is 6.50. The number of benzene rings is 1. The van der Waals surface area contributed by atoms with E-state index in [1.165, 1.54) is 0 Å². The summed E-state index contributed by atoms with van der Waals surface area (Å²) in [5.74, 6) is 1.16. The summed E-state index contributed by atoms with van der Waals surface area (Å²) in [7, 11) is 3.65. The van der Waals surface area contributed by atoms with Gasteiger partial charge in [0.25, 0.3) is 0 Å². The van der Waals surface area contributed by atoms with Gasteiger partial charge in [-0.3, -0.25) is 0 Å². The van der Waals surface area contributed by atoms with Crippen molar-refractivity contribution in [3.05, 3.63) is 24.3 Å². The Kier molecular flexibility index (Phi) is 5.29. The van der Waals surface area contributed by atoms with Crippen LogP contribution in [0.3, 0.4) is 0 Å². The smallest absolute Gasteiger partial charge is 0.120 e. The number of aliphatic hydroxyl groups excluding tert-OH is 1. The topological polar surface area (TPSA) is 32.7 Å². The summed E-state index contributed by atoms with van der Waals surface area (Å²) in [6.07, 6.45) is 0.698. The van der Waals surface area contributed by atoms with Crippen LogP contribution in [-0.2, 0) is 0 Å². The van der Waals surface area contributed by atoms with Gasteiger partial charge in [0.05, 0.1) is 13.2 Å². The largest absolute Gasteiger partial charge is 0.497 e. The normalized spacial score (nSPS) is 14.2. The number of nitrogens with zero attached hydrogens (tertiary/aromatic N) is 1. The second-order valence-electron chi connectivity index (χ2n) is 4.53. The number of anilines is 1. The number of hydrogen-bond acceptors (Lipinski definition) is 3. The van der Waals surface area contributed by atoms with Gasteiger partial charge in [-0.1, -0.05) is 26.3 Å². The number of hydrogen-bond donors (Lipinski definition) is 1. The molecule has 0 aliphatic carbocycles. The molecule has 0 aliphatic rings. The fraction of sp³-hybridized carbons (Fsp3) is 0.571. The SMILES string of the molecule is CCC(C)C(O)CN(C)c1cccc(OC)c1. The molecule has 96 valence electrons. The maximum absolute atomic E-state index is 10.0. The van der Waals surface area contributed by atoms with E-state index in [2.05, 4.69) is 18.7 Å². The van der Waals surface area contributed by atoms with Crippen LogP contribution in [0, 0.1) is 5.92 Å². The number of ether oxygens (including phenoxy) is 1. The maximum Gasteiger partial charge on any atom is 0.120 e. The third-order valence-corrected chi connectivity index (χ3v) is 3.26. The van der Waals surface area contributed by atoms with E-state index in [0.29, 0.717) is 12.5 Å². The lowest BCUT2D eigenvalue weighted by Gasteiger charge is -2.26. The lowest BCUT2D eigenvalue weighted by Crippen LogP contribution is -2.33. The van der Waals surface area contributed by atoms with Crippen LogP contribution in [0.25, 0.3) is 0 Å². The fourth-order valence-corrected chi connectivity index (χ4v) is 1.69.